The molecule has 6 nitrogen and oxygen atoms in total. The van der Waals surface area contributed by atoms with Crippen LogP contribution in [-0.4, -0.2) is 35.1 Å². The van der Waals surface area contributed by atoms with E-state index in [-0.39, 0.29) is 34.2 Å². The molecule has 2 spiro atoms. The molecule has 7 rings (SSSR count). The van der Waals surface area contributed by atoms with E-state index >= 15 is 0 Å². The Morgan fingerprint density at radius 3 is 2.57 bits per heavy atom. The van der Waals surface area contributed by atoms with Gasteiger partial charge in [0.2, 0.25) is 11.8 Å². The summed E-state index contributed by atoms with van der Waals surface area (Å²) in [5, 5.41) is 6.76. The first-order valence-corrected chi connectivity index (χ1v) is 13.2. The van der Waals surface area contributed by atoms with Gasteiger partial charge in [0.05, 0.1) is 10.9 Å². The van der Waals surface area contributed by atoms with Crippen LogP contribution in [-0.2, 0) is 20.5 Å². The van der Waals surface area contributed by atoms with Gasteiger partial charge in [-0.05, 0) is 61.7 Å². The molecule has 4 atom stereocenters. The lowest BCUT2D eigenvalue weighted by molar-refractivity contribution is -0.128. The number of Topliss-reactive ketones (excluding diaryl/α,β-unsaturated/α-hetero) is 1. The number of hydrogen-bond acceptors (Lipinski definition) is 4. The second kappa shape index (κ2) is 7.67. The summed E-state index contributed by atoms with van der Waals surface area (Å²) in [6, 6.07) is 17.7. The molecule has 3 aromatic carbocycles. The van der Waals surface area contributed by atoms with Crippen molar-refractivity contribution in [1.82, 2.24) is 4.90 Å². The van der Waals surface area contributed by atoms with Crippen LogP contribution in [0, 0.1) is 12.8 Å². The Kier molecular flexibility index (Phi) is 4.76. The van der Waals surface area contributed by atoms with E-state index in [0.717, 1.165) is 23.1 Å². The van der Waals surface area contributed by atoms with Crippen LogP contribution >= 0.6 is 23.2 Å². The van der Waals surface area contributed by atoms with E-state index in [1.165, 1.54) is 6.07 Å². The van der Waals surface area contributed by atoms with Crippen molar-refractivity contribution in [3.63, 3.8) is 0 Å². The maximum Gasteiger partial charge on any atom is 0.250 e. The van der Waals surface area contributed by atoms with Crippen LogP contribution in [0.2, 0.25) is 10.0 Å². The molecule has 0 radical (unpaired) electrons. The first-order valence-electron chi connectivity index (χ1n) is 12.4. The minimum absolute atomic E-state index is 0.199. The summed E-state index contributed by atoms with van der Waals surface area (Å²) in [5.74, 6) is -1.91. The van der Waals surface area contributed by atoms with E-state index in [2.05, 4.69) is 15.5 Å². The van der Waals surface area contributed by atoms with Crippen molar-refractivity contribution in [2.75, 3.05) is 17.2 Å². The number of carbonyl (C=O) groups excluding carboxylic acids is 3. The summed E-state index contributed by atoms with van der Waals surface area (Å²) in [6.45, 7) is 2.54. The zero-order valence-corrected chi connectivity index (χ0v) is 21.5. The minimum Gasteiger partial charge on any atom is -0.325 e. The SMILES string of the molecule is Cc1cccc2c1NC(=O)[C@@]21[C@H](C(=O)c2ccc(Cl)cc2Cl)[C@]2(C(=O)Nc3ccccc32)[C@H]2CCCN21. The summed E-state index contributed by atoms with van der Waals surface area (Å²) in [7, 11) is 0. The van der Waals surface area contributed by atoms with Crippen LogP contribution in [0.3, 0.4) is 0 Å². The topological polar surface area (TPSA) is 78.5 Å². The highest BCUT2D eigenvalue weighted by molar-refractivity contribution is 6.37. The lowest BCUT2D eigenvalue weighted by Gasteiger charge is -2.38. The number of benzene rings is 3. The van der Waals surface area contributed by atoms with Gasteiger partial charge in [-0.15, -0.1) is 0 Å². The van der Waals surface area contributed by atoms with E-state index < -0.39 is 16.9 Å². The maximum absolute atomic E-state index is 14.8. The van der Waals surface area contributed by atoms with Crippen LogP contribution in [0.4, 0.5) is 11.4 Å². The number of hydrogen-bond donors (Lipinski definition) is 2. The zero-order valence-electron chi connectivity index (χ0n) is 20.0. The fourth-order valence-electron chi connectivity index (χ4n) is 7.56. The molecule has 0 saturated carbocycles. The van der Waals surface area contributed by atoms with Gasteiger partial charge in [0, 0.05) is 33.6 Å². The molecule has 0 unspecified atom stereocenters. The van der Waals surface area contributed by atoms with E-state index in [4.69, 9.17) is 23.2 Å². The molecule has 0 bridgehead atoms. The normalized spacial score (nSPS) is 29.4. The van der Waals surface area contributed by atoms with Crippen molar-refractivity contribution >= 4 is 52.2 Å². The van der Waals surface area contributed by atoms with Crippen LogP contribution in [0.1, 0.15) is 39.9 Å². The first-order chi connectivity index (χ1) is 17.8. The highest BCUT2D eigenvalue weighted by Crippen LogP contribution is 2.66. The molecule has 2 fully saturated rings. The summed E-state index contributed by atoms with van der Waals surface area (Å²) in [4.78, 5) is 45.5. The summed E-state index contributed by atoms with van der Waals surface area (Å²) in [5.41, 5.74) is 1.41. The maximum atomic E-state index is 14.8. The molecule has 4 aliphatic rings. The van der Waals surface area contributed by atoms with Gasteiger partial charge in [-0.3, -0.25) is 19.3 Å². The van der Waals surface area contributed by atoms with E-state index in [0.29, 0.717) is 29.4 Å². The predicted octanol–water partition coefficient (Wildman–Crippen LogP) is 5.32. The fraction of sp³-hybridized carbons (Fsp3) is 0.276. The first kappa shape index (κ1) is 23.0. The van der Waals surface area contributed by atoms with Crippen LogP contribution in [0.25, 0.3) is 0 Å². The molecule has 0 aliphatic carbocycles. The van der Waals surface area contributed by atoms with Crippen molar-refractivity contribution in [3.05, 3.63) is 93.0 Å². The fourth-order valence-corrected chi connectivity index (χ4v) is 8.07. The second-order valence-electron chi connectivity index (χ2n) is 10.4. The van der Waals surface area contributed by atoms with E-state index in [1.807, 2.05) is 49.4 Å². The van der Waals surface area contributed by atoms with Gasteiger partial charge in [-0.2, -0.15) is 0 Å². The van der Waals surface area contributed by atoms with Gasteiger partial charge in [-0.1, -0.05) is 59.6 Å². The standard InChI is InChI=1S/C29H23Cl2N3O3/c1-15-6-4-8-19-23(15)33-27(37)29(19)25(24(35)17-12-11-16(30)14-20(17)31)28(22-10-5-13-34(22)29)18-7-2-3-9-21(18)32-26(28)36/h2-4,6-9,11-12,14,22,25H,5,10,13H2,1H3,(H,32,36)(H,33,37)/t22-,25-,28-,29+/m1/s1. The third kappa shape index (κ3) is 2.63. The second-order valence-corrected chi connectivity index (χ2v) is 11.2. The van der Waals surface area contributed by atoms with E-state index in [1.54, 1.807) is 12.1 Å². The number of carbonyl (C=O) groups is 3. The Bertz CT molecular complexity index is 1560. The predicted molar refractivity (Wildman–Crippen MR) is 142 cm³/mol. The number of amides is 2. The number of ketones is 1. The summed E-state index contributed by atoms with van der Waals surface area (Å²) >= 11 is 12.8. The van der Waals surface area contributed by atoms with Gasteiger partial charge in [0.1, 0.15) is 11.0 Å². The monoisotopic (exact) mass is 531 g/mol. The van der Waals surface area contributed by atoms with Crippen LogP contribution in [0.15, 0.2) is 60.7 Å². The number of para-hydroxylation sites is 2. The Hall–Kier alpha value is -3.19. The third-order valence-corrected chi connectivity index (χ3v) is 9.38. The van der Waals surface area contributed by atoms with Gasteiger partial charge in [-0.25, -0.2) is 0 Å². The molecule has 37 heavy (non-hydrogen) atoms. The Morgan fingerprint density at radius 2 is 1.76 bits per heavy atom. The molecule has 0 aromatic heterocycles. The number of nitrogens with zero attached hydrogens (tertiary/aromatic N) is 1. The number of rotatable bonds is 2. The molecule has 3 aromatic rings. The average molecular weight is 532 g/mol. The number of fused-ring (bicyclic) bond motifs is 7. The van der Waals surface area contributed by atoms with Crippen molar-refractivity contribution in [3.8, 4) is 0 Å². The molecule has 2 saturated heterocycles. The highest BCUT2D eigenvalue weighted by atomic mass is 35.5. The van der Waals surface area contributed by atoms with Crippen molar-refractivity contribution < 1.29 is 14.4 Å². The number of halogens is 2. The average Bonchev–Trinajstić information content (AvgIpc) is 3.59. The van der Waals surface area contributed by atoms with Gasteiger partial charge in [0.25, 0.3) is 0 Å². The summed E-state index contributed by atoms with van der Waals surface area (Å²) in [6.07, 6.45) is 1.51. The van der Waals surface area contributed by atoms with Crippen LogP contribution < -0.4 is 10.6 Å². The van der Waals surface area contributed by atoms with Crippen molar-refractivity contribution in [2.45, 2.75) is 36.8 Å². The van der Waals surface area contributed by atoms with E-state index in [9.17, 15) is 14.4 Å². The van der Waals surface area contributed by atoms with Gasteiger partial charge < -0.3 is 10.6 Å². The Balaban J connectivity index is 1.60. The molecule has 2 N–H and O–H groups in total. The quantitative estimate of drug-likeness (QED) is 0.439. The Labute approximate surface area is 223 Å². The molecular weight excluding hydrogens is 509 g/mol. The largest absolute Gasteiger partial charge is 0.325 e. The minimum atomic E-state index is -1.36. The summed E-state index contributed by atoms with van der Waals surface area (Å²) < 4.78 is 0. The highest BCUT2D eigenvalue weighted by Gasteiger charge is 2.78. The molecule has 2 amide bonds. The van der Waals surface area contributed by atoms with Crippen molar-refractivity contribution in [2.24, 2.45) is 5.92 Å². The van der Waals surface area contributed by atoms with Gasteiger partial charge >= 0.3 is 0 Å². The number of nitrogens with one attached hydrogen (secondary N) is 2. The molecule has 4 heterocycles. The van der Waals surface area contributed by atoms with Crippen LogP contribution in [0.5, 0.6) is 0 Å². The van der Waals surface area contributed by atoms with Crippen molar-refractivity contribution in [1.29, 1.82) is 0 Å². The lowest BCUT2D eigenvalue weighted by Crippen LogP contribution is -2.55. The molecular formula is C29H23Cl2N3O3. The third-order valence-electron chi connectivity index (χ3n) is 8.83. The molecule has 4 aliphatic heterocycles. The van der Waals surface area contributed by atoms with Gasteiger partial charge in [0.15, 0.2) is 5.78 Å². The molecule has 186 valence electrons. The molecule has 8 heteroatoms. The zero-order chi connectivity index (χ0) is 25.7. The Morgan fingerprint density at radius 1 is 0.973 bits per heavy atom. The number of aryl methyl sites for hydroxylation is 1. The number of anilines is 2. The smallest absolute Gasteiger partial charge is 0.250 e. The lowest BCUT2D eigenvalue weighted by atomic mass is 9.60.